The molecule has 1 aromatic carbocycles. The number of benzene rings is 1. The molecule has 2 aromatic rings. The van der Waals surface area contributed by atoms with Crippen LogP contribution in [0, 0.1) is 6.92 Å². The molecule has 0 saturated heterocycles. The second-order valence-corrected chi connectivity index (χ2v) is 5.26. The van der Waals surface area contributed by atoms with Gasteiger partial charge in [-0.05, 0) is 38.0 Å². The number of nitrogens with one attached hydrogen (secondary N) is 1. The molecular formula is C13H16BrN3O. The van der Waals surface area contributed by atoms with Gasteiger partial charge in [0, 0.05) is 10.5 Å². The normalized spacial score (nSPS) is 12.6. The van der Waals surface area contributed by atoms with Crippen LogP contribution in [0.4, 0.5) is 0 Å². The number of aryl methyl sites for hydroxylation is 1. The van der Waals surface area contributed by atoms with Crippen molar-refractivity contribution in [2.24, 2.45) is 0 Å². The molecule has 0 spiro atoms. The predicted octanol–water partition coefficient (Wildman–Crippen LogP) is 2.86. The van der Waals surface area contributed by atoms with E-state index in [9.17, 15) is 0 Å². The van der Waals surface area contributed by atoms with Crippen LogP contribution in [-0.4, -0.2) is 16.2 Å². The highest BCUT2D eigenvalue weighted by atomic mass is 79.9. The third kappa shape index (κ3) is 3.92. The molecule has 0 bridgehead atoms. The van der Waals surface area contributed by atoms with Crippen LogP contribution in [-0.2, 0) is 13.0 Å². The lowest BCUT2D eigenvalue weighted by Crippen LogP contribution is -2.27. The Morgan fingerprint density at radius 2 is 2.06 bits per heavy atom. The molecule has 18 heavy (non-hydrogen) atoms. The van der Waals surface area contributed by atoms with Crippen molar-refractivity contribution in [1.82, 2.24) is 15.5 Å². The zero-order valence-electron chi connectivity index (χ0n) is 10.5. The molecule has 1 atom stereocenters. The van der Waals surface area contributed by atoms with E-state index in [-0.39, 0.29) is 0 Å². The molecule has 0 aliphatic rings. The van der Waals surface area contributed by atoms with E-state index in [1.54, 1.807) is 0 Å². The van der Waals surface area contributed by atoms with Crippen molar-refractivity contribution in [3.05, 3.63) is 46.0 Å². The van der Waals surface area contributed by atoms with Crippen molar-refractivity contribution in [3.8, 4) is 0 Å². The summed E-state index contributed by atoms with van der Waals surface area (Å²) in [6.07, 6.45) is 0.973. The minimum atomic E-state index is 0.360. The molecular weight excluding hydrogens is 294 g/mol. The van der Waals surface area contributed by atoms with Gasteiger partial charge in [0.25, 0.3) is 0 Å². The number of rotatable bonds is 5. The Labute approximate surface area is 115 Å². The largest absolute Gasteiger partial charge is 0.338 e. The first kappa shape index (κ1) is 13.2. The van der Waals surface area contributed by atoms with Crippen molar-refractivity contribution in [1.29, 1.82) is 0 Å². The molecule has 1 N–H and O–H groups in total. The molecule has 0 aliphatic carbocycles. The van der Waals surface area contributed by atoms with Gasteiger partial charge in [0.05, 0.1) is 6.54 Å². The van der Waals surface area contributed by atoms with E-state index in [0.717, 1.165) is 10.9 Å². The van der Waals surface area contributed by atoms with Crippen LogP contribution in [0.15, 0.2) is 33.3 Å². The summed E-state index contributed by atoms with van der Waals surface area (Å²) >= 11 is 3.43. The number of halogens is 1. The SMILES string of the molecule is Cc1noc(CNC(C)Cc2ccc(Br)cc2)n1. The zero-order chi connectivity index (χ0) is 13.0. The van der Waals surface area contributed by atoms with E-state index in [4.69, 9.17) is 4.52 Å². The number of hydrogen-bond donors (Lipinski definition) is 1. The van der Waals surface area contributed by atoms with E-state index in [2.05, 4.69) is 62.6 Å². The molecule has 2 rings (SSSR count). The first-order valence-corrected chi connectivity index (χ1v) is 6.70. The fourth-order valence-electron chi connectivity index (χ4n) is 1.72. The van der Waals surface area contributed by atoms with Gasteiger partial charge in [-0.2, -0.15) is 4.98 Å². The van der Waals surface area contributed by atoms with Gasteiger partial charge in [0.1, 0.15) is 0 Å². The van der Waals surface area contributed by atoms with E-state index in [0.29, 0.717) is 24.3 Å². The Hall–Kier alpha value is -1.20. The van der Waals surface area contributed by atoms with E-state index >= 15 is 0 Å². The number of aromatic nitrogens is 2. The summed E-state index contributed by atoms with van der Waals surface area (Å²) in [5.74, 6) is 1.31. The molecule has 1 unspecified atom stereocenters. The summed E-state index contributed by atoms with van der Waals surface area (Å²) in [6.45, 7) is 4.57. The molecule has 0 amide bonds. The molecule has 5 heteroatoms. The summed E-state index contributed by atoms with van der Waals surface area (Å²) in [7, 11) is 0. The van der Waals surface area contributed by atoms with E-state index in [1.165, 1.54) is 5.56 Å². The summed E-state index contributed by atoms with van der Waals surface area (Å²) in [4.78, 5) is 4.15. The summed E-state index contributed by atoms with van der Waals surface area (Å²) < 4.78 is 6.16. The molecule has 0 saturated carbocycles. The first-order chi connectivity index (χ1) is 8.63. The molecule has 1 heterocycles. The zero-order valence-corrected chi connectivity index (χ0v) is 12.1. The standard InChI is InChI=1S/C13H16BrN3O/c1-9(7-11-3-5-12(14)6-4-11)15-8-13-16-10(2)17-18-13/h3-6,9,15H,7-8H2,1-2H3. The van der Waals surface area contributed by atoms with Gasteiger partial charge >= 0.3 is 0 Å². The minimum Gasteiger partial charge on any atom is -0.338 e. The van der Waals surface area contributed by atoms with Gasteiger partial charge in [-0.3, -0.25) is 0 Å². The van der Waals surface area contributed by atoms with Gasteiger partial charge in [-0.15, -0.1) is 0 Å². The highest BCUT2D eigenvalue weighted by Crippen LogP contribution is 2.12. The summed E-state index contributed by atoms with van der Waals surface area (Å²) in [5, 5.41) is 7.12. The Morgan fingerprint density at radius 1 is 1.33 bits per heavy atom. The van der Waals surface area contributed by atoms with Gasteiger partial charge in [0.2, 0.25) is 5.89 Å². The van der Waals surface area contributed by atoms with Gasteiger partial charge in [-0.25, -0.2) is 0 Å². The molecule has 0 fully saturated rings. The van der Waals surface area contributed by atoms with Crippen molar-refractivity contribution in [2.45, 2.75) is 32.9 Å². The monoisotopic (exact) mass is 309 g/mol. The third-order valence-electron chi connectivity index (χ3n) is 2.63. The molecule has 0 radical (unpaired) electrons. The van der Waals surface area contributed by atoms with Gasteiger partial charge < -0.3 is 9.84 Å². The lowest BCUT2D eigenvalue weighted by atomic mass is 10.1. The van der Waals surface area contributed by atoms with Crippen LogP contribution >= 0.6 is 15.9 Å². The van der Waals surface area contributed by atoms with Crippen molar-refractivity contribution in [3.63, 3.8) is 0 Å². The smallest absolute Gasteiger partial charge is 0.240 e. The fraction of sp³-hybridized carbons (Fsp3) is 0.385. The van der Waals surface area contributed by atoms with Crippen molar-refractivity contribution >= 4 is 15.9 Å². The molecule has 96 valence electrons. The van der Waals surface area contributed by atoms with Crippen LogP contribution in [0.1, 0.15) is 24.2 Å². The Balaban J connectivity index is 1.81. The summed E-state index contributed by atoms with van der Waals surface area (Å²) in [6, 6.07) is 8.73. The van der Waals surface area contributed by atoms with Crippen LogP contribution in [0.2, 0.25) is 0 Å². The fourth-order valence-corrected chi connectivity index (χ4v) is 1.98. The molecule has 1 aromatic heterocycles. The van der Waals surface area contributed by atoms with Crippen LogP contribution in [0.25, 0.3) is 0 Å². The third-order valence-corrected chi connectivity index (χ3v) is 3.16. The Kier molecular flexibility index (Phi) is 4.49. The highest BCUT2D eigenvalue weighted by molar-refractivity contribution is 9.10. The highest BCUT2D eigenvalue weighted by Gasteiger charge is 2.06. The molecule has 0 aliphatic heterocycles. The second-order valence-electron chi connectivity index (χ2n) is 4.35. The maximum Gasteiger partial charge on any atom is 0.240 e. The second kappa shape index (κ2) is 6.11. The van der Waals surface area contributed by atoms with Crippen LogP contribution in [0.3, 0.4) is 0 Å². The topological polar surface area (TPSA) is 51.0 Å². The van der Waals surface area contributed by atoms with Crippen molar-refractivity contribution < 1.29 is 4.52 Å². The number of hydrogen-bond acceptors (Lipinski definition) is 4. The first-order valence-electron chi connectivity index (χ1n) is 5.90. The lowest BCUT2D eigenvalue weighted by Gasteiger charge is -2.12. The van der Waals surface area contributed by atoms with E-state index in [1.807, 2.05) is 6.92 Å². The molecule has 4 nitrogen and oxygen atoms in total. The summed E-state index contributed by atoms with van der Waals surface area (Å²) in [5.41, 5.74) is 1.31. The van der Waals surface area contributed by atoms with Crippen LogP contribution in [0.5, 0.6) is 0 Å². The van der Waals surface area contributed by atoms with Gasteiger partial charge in [0.15, 0.2) is 5.82 Å². The van der Waals surface area contributed by atoms with E-state index < -0.39 is 0 Å². The Morgan fingerprint density at radius 3 is 2.67 bits per heavy atom. The quantitative estimate of drug-likeness (QED) is 0.922. The average Bonchev–Trinajstić information content (AvgIpc) is 2.76. The average molecular weight is 310 g/mol. The predicted molar refractivity (Wildman–Crippen MR) is 73.2 cm³/mol. The Bertz CT molecular complexity index is 495. The van der Waals surface area contributed by atoms with Crippen LogP contribution < -0.4 is 5.32 Å². The van der Waals surface area contributed by atoms with Crippen molar-refractivity contribution in [2.75, 3.05) is 0 Å². The van der Waals surface area contributed by atoms with Gasteiger partial charge in [-0.1, -0.05) is 33.2 Å². The lowest BCUT2D eigenvalue weighted by molar-refractivity contribution is 0.356. The maximum absolute atomic E-state index is 5.05. The maximum atomic E-state index is 5.05. The number of nitrogens with zero attached hydrogens (tertiary/aromatic N) is 2. The minimum absolute atomic E-state index is 0.360.